The Morgan fingerprint density at radius 1 is 1.10 bits per heavy atom. The summed E-state index contributed by atoms with van der Waals surface area (Å²) < 4.78 is 5.34. The Morgan fingerprint density at radius 3 is 2.00 bits per heavy atom. The molecule has 0 N–H and O–H groups in total. The highest BCUT2D eigenvalue weighted by Gasteiger charge is 2.28. The third kappa shape index (κ3) is 4.10. The molecule has 0 radical (unpaired) electrons. The van der Waals surface area contributed by atoms with Gasteiger partial charge in [-0.1, -0.05) is 19.6 Å². The van der Waals surface area contributed by atoms with Gasteiger partial charge in [0.25, 0.3) is 5.91 Å². The van der Waals surface area contributed by atoms with Gasteiger partial charge >= 0.3 is 0 Å². The minimum Gasteiger partial charge on any atom is -0.497 e. The van der Waals surface area contributed by atoms with Crippen LogP contribution in [0.5, 0.6) is 5.75 Å². The molecular weight excluding hydrogens is 278 g/mol. The van der Waals surface area contributed by atoms with Crippen LogP contribution in [0.15, 0.2) is 18.2 Å². The summed E-state index contributed by atoms with van der Waals surface area (Å²) in [6.07, 6.45) is 0. The van der Waals surface area contributed by atoms with Gasteiger partial charge in [0.1, 0.15) is 5.75 Å². The Balaban J connectivity index is 3.38. The molecule has 0 heterocycles. The molecule has 0 bridgehead atoms. The fourth-order valence-electron chi connectivity index (χ4n) is 2.66. The number of hydrogen-bond donors (Lipinski definition) is 0. The van der Waals surface area contributed by atoms with Crippen LogP contribution in [0, 0.1) is 0 Å². The van der Waals surface area contributed by atoms with Crippen molar-refractivity contribution in [2.45, 2.75) is 59.4 Å². The van der Waals surface area contributed by atoms with Crippen molar-refractivity contribution in [3.05, 3.63) is 23.8 Å². The van der Waals surface area contributed by atoms with E-state index in [1.807, 2.05) is 23.1 Å². The molecule has 0 spiro atoms. The lowest BCUT2D eigenvalue weighted by atomic mass is 10.1. The zero-order valence-corrected chi connectivity index (χ0v) is 15.7. The Hall–Kier alpha value is -1.29. The second kappa shape index (κ2) is 6.65. The lowest BCUT2D eigenvalue weighted by Crippen LogP contribution is -2.48. The van der Waals surface area contributed by atoms with Crippen molar-refractivity contribution in [2.24, 2.45) is 0 Å². The van der Waals surface area contributed by atoms with Crippen molar-refractivity contribution in [3.8, 4) is 5.75 Å². The van der Waals surface area contributed by atoms with Gasteiger partial charge in [-0.15, -0.1) is 0 Å². The Morgan fingerprint density at radius 2 is 1.62 bits per heavy atom. The molecule has 3 nitrogen and oxygen atoms in total. The largest absolute Gasteiger partial charge is 0.497 e. The maximum atomic E-state index is 13.0. The number of ether oxygens (including phenoxy) is 1. The molecule has 1 aromatic carbocycles. The molecule has 0 unspecified atom stereocenters. The van der Waals surface area contributed by atoms with Gasteiger partial charge in [-0.3, -0.25) is 4.79 Å². The van der Waals surface area contributed by atoms with Crippen LogP contribution in [0.2, 0.25) is 19.6 Å². The van der Waals surface area contributed by atoms with Gasteiger partial charge in [-0.25, -0.2) is 0 Å². The van der Waals surface area contributed by atoms with E-state index < -0.39 is 8.07 Å². The van der Waals surface area contributed by atoms with Crippen LogP contribution >= 0.6 is 0 Å². The molecule has 118 valence electrons. The predicted octanol–water partition coefficient (Wildman–Crippen LogP) is 3.50. The molecule has 0 aliphatic heterocycles. The SMILES string of the molecule is COc1ccc(C(=O)N(C(C)C)C(C)C)c([Si](C)(C)C)c1. The summed E-state index contributed by atoms with van der Waals surface area (Å²) in [6, 6.07) is 6.23. The van der Waals surface area contributed by atoms with E-state index in [0.29, 0.717) is 0 Å². The Labute approximate surface area is 130 Å². The van der Waals surface area contributed by atoms with Crippen molar-refractivity contribution < 1.29 is 9.53 Å². The van der Waals surface area contributed by atoms with Crippen LogP contribution in [0.3, 0.4) is 0 Å². The highest BCUT2D eigenvalue weighted by atomic mass is 28.3. The average Bonchev–Trinajstić information content (AvgIpc) is 2.35. The summed E-state index contributed by atoms with van der Waals surface area (Å²) in [5.41, 5.74) is 0.831. The first-order valence-corrected chi connectivity index (χ1v) is 11.1. The van der Waals surface area contributed by atoms with Crippen molar-refractivity contribution >= 4 is 19.2 Å². The van der Waals surface area contributed by atoms with E-state index >= 15 is 0 Å². The van der Waals surface area contributed by atoms with Crippen molar-refractivity contribution in [3.63, 3.8) is 0 Å². The molecule has 1 rings (SSSR count). The van der Waals surface area contributed by atoms with Gasteiger partial charge in [0.2, 0.25) is 0 Å². The molecular formula is C17H29NO2Si. The number of carbonyl (C=O) groups excluding carboxylic acids is 1. The van der Waals surface area contributed by atoms with E-state index in [9.17, 15) is 4.79 Å². The standard InChI is InChI=1S/C17H29NO2Si/c1-12(2)18(13(3)4)17(19)15-10-9-14(20-5)11-16(15)21(6,7)8/h9-13H,1-8H3. The monoisotopic (exact) mass is 307 g/mol. The minimum absolute atomic E-state index is 0.125. The molecule has 0 saturated heterocycles. The Bertz CT molecular complexity index is 496. The van der Waals surface area contributed by atoms with Gasteiger partial charge in [-0.05, 0) is 51.1 Å². The van der Waals surface area contributed by atoms with Gasteiger partial charge in [0.15, 0.2) is 0 Å². The van der Waals surface area contributed by atoms with E-state index in [1.165, 1.54) is 0 Å². The van der Waals surface area contributed by atoms with Crippen LogP contribution in [-0.2, 0) is 0 Å². The topological polar surface area (TPSA) is 29.5 Å². The van der Waals surface area contributed by atoms with Gasteiger partial charge in [0.05, 0.1) is 15.2 Å². The summed E-state index contributed by atoms with van der Waals surface area (Å²) in [5.74, 6) is 0.949. The molecule has 0 aliphatic rings. The molecule has 0 saturated carbocycles. The van der Waals surface area contributed by atoms with Gasteiger partial charge in [0, 0.05) is 17.6 Å². The van der Waals surface area contributed by atoms with Crippen LogP contribution in [-0.4, -0.2) is 38.1 Å². The quantitative estimate of drug-likeness (QED) is 0.779. The van der Waals surface area contributed by atoms with E-state index in [1.54, 1.807) is 7.11 Å². The van der Waals surface area contributed by atoms with Crippen molar-refractivity contribution in [1.82, 2.24) is 4.90 Å². The third-order valence-electron chi connectivity index (χ3n) is 3.61. The highest BCUT2D eigenvalue weighted by Crippen LogP contribution is 2.18. The summed E-state index contributed by atoms with van der Waals surface area (Å²) >= 11 is 0. The molecule has 0 fully saturated rings. The van der Waals surface area contributed by atoms with E-state index in [2.05, 4.69) is 47.3 Å². The smallest absolute Gasteiger partial charge is 0.254 e. The lowest BCUT2D eigenvalue weighted by molar-refractivity contribution is 0.0645. The van der Waals surface area contributed by atoms with Gasteiger partial charge < -0.3 is 9.64 Å². The Kier molecular flexibility index (Phi) is 5.62. The predicted molar refractivity (Wildman–Crippen MR) is 92.4 cm³/mol. The second-order valence-corrected chi connectivity index (χ2v) is 12.1. The van der Waals surface area contributed by atoms with Crippen molar-refractivity contribution in [2.75, 3.05) is 7.11 Å². The third-order valence-corrected chi connectivity index (χ3v) is 5.64. The number of hydrogen-bond acceptors (Lipinski definition) is 2. The fourth-order valence-corrected chi connectivity index (χ4v) is 4.24. The zero-order valence-electron chi connectivity index (χ0n) is 14.7. The number of nitrogens with zero attached hydrogens (tertiary/aromatic N) is 1. The second-order valence-electron chi connectivity index (χ2n) is 7.06. The number of benzene rings is 1. The molecule has 0 atom stereocenters. The fraction of sp³-hybridized carbons (Fsp3) is 0.588. The average molecular weight is 308 g/mol. The van der Waals surface area contributed by atoms with Crippen molar-refractivity contribution in [1.29, 1.82) is 0 Å². The molecule has 0 aromatic heterocycles. The number of amides is 1. The van der Waals surface area contributed by atoms with E-state index in [-0.39, 0.29) is 18.0 Å². The normalized spacial score (nSPS) is 11.9. The highest BCUT2D eigenvalue weighted by molar-refractivity contribution is 6.89. The number of methoxy groups -OCH3 is 1. The molecule has 4 heteroatoms. The van der Waals surface area contributed by atoms with E-state index in [0.717, 1.165) is 16.5 Å². The summed E-state index contributed by atoms with van der Waals surface area (Å²) in [7, 11) is 0.0348. The summed E-state index contributed by atoms with van der Waals surface area (Å²) in [6.45, 7) is 15.0. The lowest BCUT2D eigenvalue weighted by Gasteiger charge is -2.33. The molecule has 1 aromatic rings. The van der Waals surface area contributed by atoms with Crippen LogP contribution in [0.4, 0.5) is 0 Å². The first-order chi connectivity index (χ1) is 9.59. The van der Waals surface area contributed by atoms with Gasteiger partial charge in [-0.2, -0.15) is 0 Å². The van der Waals surface area contributed by atoms with Crippen LogP contribution in [0.1, 0.15) is 38.1 Å². The van der Waals surface area contributed by atoms with Crippen LogP contribution < -0.4 is 9.92 Å². The maximum absolute atomic E-state index is 13.0. The first-order valence-electron chi connectivity index (χ1n) is 7.60. The molecule has 1 amide bonds. The number of carbonyl (C=O) groups is 1. The first kappa shape index (κ1) is 17.8. The summed E-state index contributed by atoms with van der Waals surface area (Å²) in [4.78, 5) is 15.0. The zero-order chi connectivity index (χ0) is 16.4. The molecule has 21 heavy (non-hydrogen) atoms. The number of rotatable bonds is 5. The molecule has 0 aliphatic carbocycles. The van der Waals surface area contributed by atoms with E-state index in [4.69, 9.17) is 4.74 Å². The maximum Gasteiger partial charge on any atom is 0.254 e. The minimum atomic E-state index is -1.63. The van der Waals surface area contributed by atoms with Crippen LogP contribution in [0.25, 0.3) is 0 Å². The summed E-state index contributed by atoms with van der Waals surface area (Å²) in [5, 5.41) is 1.16.